The molecule has 0 spiro atoms. The number of nitrogens with zero attached hydrogens (tertiary/aromatic N) is 1. The zero-order valence-corrected chi connectivity index (χ0v) is 19.0. The number of nitrogens with two attached hydrogens (primary N) is 1. The number of nitrogens with one attached hydrogen (secondary N) is 2. The highest BCUT2D eigenvalue weighted by atomic mass is 35.5. The number of aryl methyl sites for hydroxylation is 1. The molecule has 0 aliphatic carbocycles. The van der Waals surface area contributed by atoms with E-state index < -0.39 is 0 Å². The van der Waals surface area contributed by atoms with E-state index in [2.05, 4.69) is 15.5 Å². The Morgan fingerprint density at radius 3 is 2.34 bits per heavy atom. The van der Waals surface area contributed by atoms with Crippen LogP contribution < -0.4 is 16.4 Å². The highest BCUT2D eigenvalue weighted by Gasteiger charge is 2.14. The maximum atomic E-state index is 12.3. The third kappa shape index (κ3) is 10.8. The maximum Gasteiger partial charge on any atom is 0.238 e. The summed E-state index contributed by atoms with van der Waals surface area (Å²) in [5.41, 5.74) is 7.95. The first-order valence-electron chi connectivity index (χ1n) is 10.2. The van der Waals surface area contributed by atoms with Crippen molar-refractivity contribution in [2.24, 2.45) is 5.73 Å². The summed E-state index contributed by atoms with van der Waals surface area (Å²) >= 11 is 0. The molecule has 0 saturated carbocycles. The van der Waals surface area contributed by atoms with Crippen molar-refractivity contribution in [1.82, 2.24) is 4.90 Å². The summed E-state index contributed by atoms with van der Waals surface area (Å²) in [6.45, 7) is 5.09. The van der Waals surface area contributed by atoms with Crippen LogP contribution in [0, 0.1) is 6.92 Å². The predicted molar refractivity (Wildman–Crippen MR) is 125 cm³/mol. The minimum absolute atomic E-state index is 0. The Bertz CT molecular complexity index is 623. The first-order valence-corrected chi connectivity index (χ1v) is 10.2. The van der Waals surface area contributed by atoms with Crippen molar-refractivity contribution in [3.8, 4) is 0 Å². The van der Waals surface area contributed by atoms with Crippen LogP contribution in [0.3, 0.4) is 0 Å². The van der Waals surface area contributed by atoms with Gasteiger partial charge in [0.2, 0.25) is 11.8 Å². The highest BCUT2D eigenvalue weighted by molar-refractivity contribution is 5.95. The van der Waals surface area contributed by atoms with Gasteiger partial charge in [0.25, 0.3) is 0 Å². The number of carbonyl (C=O) groups excluding carboxylic acids is 2. The van der Waals surface area contributed by atoms with Crippen molar-refractivity contribution in [2.45, 2.75) is 58.3 Å². The molecule has 2 amide bonds. The lowest BCUT2D eigenvalue weighted by Gasteiger charge is -2.25. The normalized spacial score (nSPS) is 13.7. The van der Waals surface area contributed by atoms with Crippen LogP contribution in [-0.2, 0) is 9.59 Å². The third-order valence-corrected chi connectivity index (χ3v) is 4.97. The molecule has 0 radical (unpaired) electrons. The van der Waals surface area contributed by atoms with Crippen molar-refractivity contribution in [3.05, 3.63) is 23.8 Å². The molecule has 1 aromatic rings. The molecule has 1 aliphatic heterocycles. The third-order valence-electron chi connectivity index (χ3n) is 4.97. The van der Waals surface area contributed by atoms with E-state index in [0.29, 0.717) is 19.5 Å². The number of hydrogen-bond donors (Lipinski definition) is 3. The molecule has 1 saturated heterocycles. The van der Waals surface area contributed by atoms with E-state index in [1.165, 1.54) is 19.3 Å². The van der Waals surface area contributed by atoms with E-state index in [1.807, 2.05) is 25.1 Å². The predicted octanol–water partition coefficient (Wildman–Crippen LogP) is 4.11. The van der Waals surface area contributed by atoms with Crippen LogP contribution in [0.15, 0.2) is 18.2 Å². The zero-order valence-electron chi connectivity index (χ0n) is 17.4. The lowest BCUT2D eigenvalue weighted by molar-refractivity contribution is -0.117. The van der Waals surface area contributed by atoms with Crippen molar-refractivity contribution in [3.63, 3.8) is 0 Å². The van der Waals surface area contributed by atoms with Gasteiger partial charge < -0.3 is 16.4 Å². The molecule has 166 valence electrons. The molecule has 0 bridgehead atoms. The smallest absolute Gasteiger partial charge is 0.238 e. The van der Waals surface area contributed by atoms with E-state index in [1.54, 1.807) is 0 Å². The number of unbranched alkanes of at least 4 members (excludes halogenated alkanes) is 3. The van der Waals surface area contributed by atoms with Crippen LogP contribution in [-0.4, -0.2) is 42.9 Å². The molecule has 0 aromatic heterocycles. The van der Waals surface area contributed by atoms with Crippen LogP contribution in [0.5, 0.6) is 0 Å². The van der Waals surface area contributed by atoms with Gasteiger partial charge in [0.05, 0.1) is 6.54 Å². The minimum Gasteiger partial charge on any atom is -0.330 e. The van der Waals surface area contributed by atoms with E-state index in [9.17, 15) is 9.59 Å². The van der Waals surface area contributed by atoms with Crippen molar-refractivity contribution < 1.29 is 9.59 Å². The van der Waals surface area contributed by atoms with E-state index in [0.717, 1.165) is 55.7 Å². The number of halogens is 2. The molecular weight excluding hydrogens is 411 g/mol. The fraction of sp³-hybridized carbons (Fsp3) is 0.619. The summed E-state index contributed by atoms with van der Waals surface area (Å²) < 4.78 is 0. The van der Waals surface area contributed by atoms with Gasteiger partial charge in [0, 0.05) is 17.8 Å². The van der Waals surface area contributed by atoms with Crippen LogP contribution in [0.2, 0.25) is 0 Å². The van der Waals surface area contributed by atoms with Gasteiger partial charge in [0.1, 0.15) is 0 Å². The van der Waals surface area contributed by atoms with Crippen molar-refractivity contribution in [1.29, 1.82) is 0 Å². The summed E-state index contributed by atoms with van der Waals surface area (Å²) in [6, 6.07) is 5.64. The Balaban J connectivity index is 0.00000392. The SMILES string of the molecule is Cc1ccc(NC(=O)CCCCCCN)cc1NC(=O)CN1CCCCC1.Cl.Cl. The van der Waals surface area contributed by atoms with Crippen LogP contribution in [0.4, 0.5) is 11.4 Å². The summed E-state index contributed by atoms with van der Waals surface area (Å²) in [7, 11) is 0. The largest absolute Gasteiger partial charge is 0.330 e. The monoisotopic (exact) mass is 446 g/mol. The molecule has 0 atom stereocenters. The quantitative estimate of drug-likeness (QED) is 0.471. The fourth-order valence-electron chi connectivity index (χ4n) is 3.35. The molecular formula is C21H36Cl2N4O2. The zero-order chi connectivity index (χ0) is 19.5. The molecule has 6 nitrogen and oxygen atoms in total. The molecule has 0 unspecified atom stereocenters. The van der Waals surface area contributed by atoms with Gasteiger partial charge in [-0.2, -0.15) is 0 Å². The van der Waals surface area contributed by atoms with Gasteiger partial charge in [-0.3, -0.25) is 14.5 Å². The summed E-state index contributed by atoms with van der Waals surface area (Å²) in [4.78, 5) is 26.6. The van der Waals surface area contributed by atoms with Crippen LogP contribution in [0.25, 0.3) is 0 Å². The van der Waals surface area contributed by atoms with E-state index in [-0.39, 0.29) is 36.6 Å². The Labute approximate surface area is 187 Å². The van der Waals surface area contributed by atoms with Gasteiger partial charge in [-0.1, -0.05) is 25.3 Å². The molecule has 1 aromatic carbocycles. The van der Waals surface area contributed by atoms with Crippen LogP contribution >= 0.6 is 24.8 Å². The lowest BCUT2D eigenvalue weighted by Crippen LogP contribution is -2.36. The van der Waals surface area contributed by atoms with E-state index >= 15 is 0 Å². The Morgan fingerprint density at radius 2 is 1.66 bits per heavy atom. The van der Waals surface area contributed by atoms with Crippen LogP contribution in [0.1, 0.15) is 56.9 Å². The van der Waals surface area contributed by atoms with Crippen molar-refractivity contribution >= 4 is 48.0 Å². The Kier molecular flexibility index (Phi) is 14.8. The number of anilines is 2. The summed E-state index contributed by atoms with van der Waals surface area (Å²) in [5.74, 6) is 0.0144. The molecule has 4 N–H and O–H groups in total. The van der Waals surface area contributed by atoms with E-state index in [4.69, 9.17) is 5.73 Å². The first-order chi connectivity index (χ1) is 13.1. The number of rotatable bonds is 10. The fourth-order valence-corrected chi connectivity index (χ4v) is 3.35. The number of benzene rings is 1. The molecule has 1 heterocycles. The Morgan fingerprint density at radius 1 is 0.966 bits per heavy atom. The number of amides is 2. The number of likely N-dealkylation sites (tertiary alicyclic amines) is 1. The van der Waals surface area contributed by atoms with Gasteiger partial charge in [-0.25, -0.2) is 0 Å². The second kappa shape index (κ2) is 15.5. The maximum absolute atomic E-state index is 12.3. The highest BCUT2D eigenvalue weighted by Crippen LogP contribution is 2.21. The Hall–Kier alpha value is -1.34. The summed E-state index contributed by atoms with van der Waals surface area (Å²) in [5, 5.41) is 5.92. The molecule has 8 heteroatoms. The molecule has 1 fully saturated rings. The number of carbonyl (C=O) groups is 2. The molecule has 2 rings (SSSR count). The van der Waals surface area contributed by atoms with Gasteiger partial charge in [-0.15, -0.1) is 24.8 Å². The standard InChI is InChI=1S/C21H34N4O2.2ClH/c1-17-10-11-18(23-20(26)9-5-2-3-6-12-22)15-19(17)24-21(27)16-25-13-7-4-8-14-25;;/h10-11,15H,2-9,12-14,16,22H2,1H3,(H,23,26)(H,24,27);2*1H. The molecule has 1 aliphatic rings. The number of hydrogen-bond acceptors (Lipinski definition) is 4. The first kappa shape index (κ1) is 27.7. The molecule has 29 heavy (non-hydrogen) atoms. The average Bonchev–Trinajstić information content (AvgIpc) is 2.65. The second-order valence-corrected chi connectivity index (χ2v) is 7.42. The minimum atomic E-state index is 0. The summed E-state index contributed by atoms with van der Waals surface area (Å²) in [6.07, 6.45) is 8.08. The topological polar surface area (TPSA) is 87.5 Å². The van der Waals surface area contributed by atoms with Gasteiger partial charge in [-0.05, 0) is 69.9 Å². The van der Waals surface area contributed by atoms with Gasteiger partial charge >= 0.3 is 0 Å². The number of piperidine rings is 1. The lowest BCUT2D eigenvalue weighted by atomic mass is 10.1. The second-order valence-electron chi connectivity index (χ2n) is 7.42. The average molecular weight is 447 g/mol. The van der Waals surface area contributed by atoms with Gasteiger partial charge in [0.15, 0.2) is 0 Å². The van der Waals surface area contributed by atoms with Crippen molar-refractivity contribution in [2.75, 3.05) is 36.8 Å².